The van der Waals surface area contributed by atoms with Crippen LogP contribution in [0.3, 0.4) is 0 Å². The highest BCUT2D eigenvalue weighted by Gasteiger charge is 2.31. The van der Waals surface area contributed by atoms with Gasteiger partial charge in [-0.25, -0.2) is 21.6 Å². The van der Waals surface area contributed by atoms with Gasteiger partial charge in [-0.05, 0) is 50.1 Å². The smallest absolute Gasteiger partial charge is 0.263 e. The highest BCUT2D eigenvalue weighted by atomic mass is 32.2. The summed E-state index contributed by atoms with van der Waals surface area (Å²) in [4.78, 5) is 16.8. The largest absolute Gasteiger partial charge is 0.353 e. The number of nitrogens with zero attached hydrogens (tertiary/aromatic N) is 1. The Morgan fingerprint density at radius 3 is 2.58 bits per heavy atom. The summed E-state index contributed by atoms with van der Waals surface area (Å²) in [6, 6.07) is 10.7. The number of fused-ring (bicyclic) bond motifs is 1. The summed E-state index contributed by atoms with van der Waals surface area (Å²) >= 11 is 0. The number of aliphatic imine (C=N–C) groups is 1. The molecule has 0 radical (unpaired) electrons. The van der Waals surface area contributed by atoms with E-state index in [0.29, 0.717) is 11.1 Å². The molecule has 11 heteroatoms. The summed E-state index contributed by atoms with van der Waals surface area (Å²) in [5, 5.41) is 2.60. The van der Waals surface area contributed by atoms with Gasteiger partial charge in [-0.2, -0.15) is 0 Å². The number of sulfonamides is 2. The van der Waals surface area contributed by atoms with Crippen molar-refractivity contribution in [2.75, 3.05) is 13.1 Å². The number of benzene rings is 2. The maximum Gasteiger partial charge on any atom is 0.263 e. The van der Waals surface area contributed by atoms with E-state index in [0.717, 1.165) is 5.56 Å². The van der Waals surface area contributed by atoms with E-state index in [1.165, 1.54) is 13.0 Å². The van der Waals surface area contributed by atoms with Gasteiger partial charge in [0, 0.05) is 18.7 Å². The first kappa shape index (κ1) is 22.9. The van der Waals surface area contributed by atoms with Crippen molar-refractivity contribution in [2.45, 2.75) is 36.6 Å². The Balaban J connectivity index is 1.58. The highest BCUT2D eigenvalue weighted by Crippen LogP contribution is 2.22. The lowest BCUT2D eigenvalue weighted by atomic mass is 10.2. The Hall–Kier alpha value is -2.76. The molecule has 1 heterocycles. The Morgan fingerprint density at radius 1 is 1.13 bits per heavy atom. The zero-order valence-corrected chi connectivity index (χ0v) is 19.0. The second-order valence-corrected chi connectivity index (χ2v) is 10.6. The number of hydrogen-bond donors (Lipinski definition) is 3. The molecule has 1 aliphatic rings. The molecule has 0 fully saturated rings. The first-order chi connectivity index (χ1) is 14.5. The van der Waals surface area contributed by atoms with Crippen molar-refractivity contribution in [2.24, 2.45) is 4.99 Å². The maximum absolute atomic E-state index is 12.5. The van der Waals surface area contributed by atoms with E-state index in [9.17, 15) is 21.6 Å². The molecule has 2 aromatic rings. The number of nitrogens with one attached hydrogen (secondary N) is 3. The van der Waals surface area contributed by atoms with Crippen LogP contribution >= 0.6 is 0 Å². The minimum absolute atomic E-state index is 0.000208. The van der Waals surface area contributed by atoms with Gasteiger partial charge in [0.15, 0.2) is 0 Å². The second-order valence-electron chi connectivity index (χ2n) is 7.21. The van der Waals surface area contributed by atoms with Gasteiger partial charge in [-0.15, -0.1) is 0 Å². The van der Waals surface area contributed by atoms with Gasteiger partial charge in [-0.3, -0.25) is 14.5 Å². The summed E-state index contributed by atoms with van der Waals surface area (Å²) in [5.41, 5.74) is 1.87. The molecule has 0 saturated carbocycles. The van der Waals surface area contributed by atoms with Gasteiger partial charge >= 0.3 is 0 Å². The van der Waals surface area contributed by atoms with Gasteiger partial charge in [-0.1, -0.05) is 24.3 Å². The minimum atomic E-state index is -3.70. The fourth-order valence-electron chi connectivity index (χ4n) is 3.08. The van der Waals surface area contributed by atoms with Crippen molar-refractivity contribution in [3.8, 4) is 0 Å². The van der Waals surface area contributed by atoms with Crippen LogP contribution in [0, 0.1) is 13.8 Å². The molecule has 166 valence electrons. The van der Waals surface area contributed by atoms with E-state index >= 15 is 0 Å². The molecule has 1 atom stereocenters. The van der Waals surface area contributed by atoms with Crippen LogP contribution < -0.4 is 14.8 Å². The fraction of sp³-hybridized carbons (Fsp3) is 0.300. The first-order valence-corrected chi connectivity index (χ1v) is 12.5. The van der Waals surface area contributed by atoms with Crippen LogP contribution in [0.1, 0.15) is 23.6 Å². The van der Waals surface area contributed by atoms with Crippen LogP contribution in [0.2, 0.25) is 0 Å². The highest BCUT2D eigenvalue weighted by molar-refractivity contribution is 7.90. The van der Waals surface area contributed by atoms with Crippen molar-refractivity contribution in [1.82, 2.24) is 14.8 Å². The van der Waals surface area contributed by atoms with Crippen molar-refractivity contribution in [1.29, 1.82) is 0 Å². The third-order valence-corrected chi connectivity index (χ3v) is 7.71. The van der Waals surface area contributed by atoms with Crippen molar-refractivity contribution < 1.29 is 21.6 Å². The normalized spacial score (nSPS) is 17.1. The average molecular weight is 465 g/mol. The van der Waals surface area contributed by atoms with Gasteiger partial charge in [0.1, 0.15) is 11.9 Å². The SMILES string of the molecule is Cc1ccc(C)c(S(=O)(=O)NCCNC(=O)[C@H](C)N=C2NS(=O)(=O)c3ccccc32)c1. The van der Waals surface area contributed by atoms with E-state index in [1.54, 1.807) is 37.3 Å². The molecular formula is C20H24N4O5S2. The molecule has 0 saturated heterocycles. The lowest BCUT2D eigenvalue weighted by Crippen LogP contribution is -2.39. The third-order valence-electron chi connectivity index (χ3n) is 4.71. The molecule has 0 bridgehead atoms. The number of amidine groups is 1. The van der Waals surface area contributed by atoms with E-state index in [2.05, 4.69) is 19.8 Å². The zero-order chi connectivity index (χ0) is 22.8. The number of amides is 1. The van der Waals surface area contributed by atoms with E-state index < -0.39 is 32.0 Å². The topological polar surface area (TPSA) is 134 Å². The third kappa shape index (κ3) is 5.12. The monoisotopic (exact) mass is 464 g/mol. The summed E-state index contributed by atoms with van der Waals surface area (Å²) in [6.07, 6.45) is 0. The molecule has 31 heavy (non-hydrogen) atoms. The van der Waals surface area contributed by atoms with Crippen molar-refractivity contribution in [3.05, 3.63) is 59.2 Å². The van der Waals surface area contributed by atoms with Gasteiger partial charge in [0.2, 0.25) is 15.9 Å². The minimum Gasteiger partial charge on any atom is -0.353 e. The quantitative estimate of drug-likeness (QED) is 0.522. The average Bonchev–Trinajstić information content (AvgIpc) is 2.97. The lowest BCUT2D eigenvalue weighted by Gasteiger charge is -2.12. The fourth-order valence-corrected chi connectivity index (χ4v) is 5.67. The number of carbonyl (C=O) groups is 1. The molecule has 9 nitrogen and oxygen atoms in total. The van der Waals surface area contributed by atoms with Crippen LogP contribution in [0.15, 0.2) is 57.2 Å². The number of rotatable bonds is 7. The molecule has 3 rings (SSSR count). The summed E-state index contributed by atoms with van der Waals surface area (Å²) in [7, 11) is -7.39. The van der Waals surface area contributed by atoms with E-state index in [-0.39, 0.29) is 28.7 Å². The molecule has 0 aliphatic carbocycles. The van der Waals surface area contributed by atoms with Crippen molar-refractivity contribution >= 4 is 31.8 Å². The van der Waals surface area contributed by atoms with Gasteiger partial charge < -0.3 is 5.32 Å². The Morgan fingerprint density at radius 2 is 1.84 bits per heavy atom. The summed E-state index contributed by atoms with van der Waals surface area (Å²) in [5.74, 6) is -0.351. The van der Waals surface area contributed by atoms with E-state index in [4.69, 9.17) is 0 Å². The standard InChI is InChI=1S/C20H24N4O5S2/c1-13-8-9-14(2)18(12-13)30(26,27)22-11-10-21-20(25)15(3)23-19-16-6-4-5-7-17(16)31(28,29)24-19/h4-9,12,15,22H,10-11H2,1-3H3,(H,21,25)(H,23,24)/t15-/m0/s1. The Labute approximate surface area is 182 Å². The lowest BCUT2D eigenvalue weighted by molar-refractivity contribution is -0.121. The summed E-state index contributed by atoms with van der Waals surface area (Å²) < 4.78 is 54.0. The van der Waals surface area contributed by atoms with Crippen LogP contribution in [-0.2, 0) is 24.8 Å². The molecule has 0 spiro atoms. The second kappa shape index (κ2) is 8.77. The number of carbonyl (C=O) groups excluding carboxylic acids is 1. The molecule has 3 N–H and O–H groups in total. The molecule has 0 unspecified atom stereocenters. The van der Waals surface area contributed by atoms with Crippen LogP contribution in [0.4, 0.5) is 0 Å². The molecule has 2 aromatic carbocycles. The molecule has 1 amide bonds. The number of aryl methyl sites for hydroxylation is 2. The Bertz CT molecular complexity index is 1250. The first-order valence-electron chi connectivity index (χ1n) is 9.56. The molecule has 0 aromatic heterocycles. The summed E-state index contributed by atoms with van der Waals surface area (Å²) in [6.45, 7) is 5.11. The Kier molecular flexibility index (Phi) is 6.48. The zero-order valence-electron chi connectivity index (χ0n) is 17.3. The van der Waals surface area contributed by atoms with Gasteiger partial charge in [0.05, 0.1) is 9.79 Å². The maximum atomic E-state index is 12.5. The van der Waals surface area contributed by atoms with Crippen LogP contribution in [0.25, 0.3) is 0 Å². The predicted molar refractivity (Wildman–Crippen MR) is 117 cm³/mol. The predicted octanol–water partition coefficient (Wildman–Crippen LogP) is 0.825. The van der Waals surface area contributed by atoms with Gasteiger partial charge in [0.25, 0.3) is 10.0 Å². The number of hydrogen-bond acceptors (Lipinski definition) is 6. The molecular weight excluding hydrogens is 440 g/mol. The van der Waals surface area contributed by atoms with Crippen LogP contribution in [-0.4, -0.2) is 47.7 Å². The van der Waals surface area contributed by atoms with Crippen molar-refractivity contribution in [3.63, 3.8) is 0 Å². The van der Waals surface area contributed by atoms with Crippen LogP contribution in [0.5, 0.6) is 0 Å². The molecule has 1 aliphatic heterocycles. The van der Waals surface area contributed by atoms with E-state index in [1.807, 2.05) is 13.0 Å².